The minimum Gasteiger partial charge on any atom is -0.465 e. The largest absolute Gasteiger partial charge is 0.465 e. The normalized spacial score (nSPS) is 12.0. The Morgan fingerprint density at radius 2 is 1.77 bits per heavy atom. The minimum atomic E-state index is -0.439. The highest BCUT2D eigenvalue weighted by Crippen LogP contribution is 2.32. The molecule has 0 aliphatic heterocycles. The molecule has 0 radical (unpaired) electrons. The number of benzene rings is 2. The van der Waals surface area contributed by atoms with E-state index in [-0.39, 0.29) is 25.5 Å². The van der Waals surface area contributed by atoms with Crippen molar-refractivity contribution < 1.29 is 14.3 Å². The molecule has 5 nitrogen and oxygen atoms in total. The monoisotopic (exact) mass is 464 g/mol. The van der Waals surface area contributed by atoms with Crippen molar-refractivity contribution in [2.75, 3.05) is 6.61 Å². The van der Waals surface area contributed by atoms with Crippen LogP contribution in [0.4, 0.5) is 0 Å². The number of fused-ring (bicyclic) bond motifs is 1. The van der Waals surface area contributed by atoms with Gasteiger partial charge < -0.3 is 9.30 Å². The highest BCUT2D eigenvalue weighted by Gasteiger charge is 2.17. The number of carbonyl (C=O) groups excluding carboxylic acids is 2. The predicted molar refractivity (Wildman–Crippen MR) is 121 cm³/mol. The quantitative estimate of drug-likeness (QED) is 0.460. The summed E-state index contributed by atoms with van der Waals surface area (Å²) in [6.45, 7) is 6.12. The maximum absolute atomic E-state index is 12.7. The first-order chi connectivity index (χ1) is 14.3. The molecular formula is C22H22Cl2N2O3S. The Labute approximate surface area is 188 Å². The maximum atomic E-state index is 12.7. The number of rotatable bonds is 6. The van der Waals surface area contributed by atoms with Crippen LogP contribution in [0, 0.1) is 0 Å². The first-order valence-electron chi connectivity index (χ1n) is 9.59. The van der Waals surface area contributed by atoms with Crippen molar-refractivity contribution in [1.29, 1.82) is 0 Å². The molecule has 1 amide bonds. The maximum Gasteiger partial charge on any atom is 0.326 e. The molecular weight excluding hydrogens is 443 g/mol. The molecule has 158 valence electrons. The summed E-state index contributed by atoms with van der Waals surface area (Å²) in [6.07, 6.45) is 0.160. The van der Waals surface area contributed by atoms with Crippen LogP contribution in [0.1, 0.15) is 37.8 Å². The average molecular weight is 465 g/mol. The Morgan fingerprint density at radius 1 is 1.10 bits per heavy atom. The van der Waals surface area contributed by atoms with Gasteiger partial charge in [0.2, 0.25) is 0 Å². The Morgan fingerprint density at radius 3 is 2.40 bits per heavy atom. The van der Waals surface area contributed by atoms with E-state index in [0.717, 1.165) is 5.56 Å². The summed E-state index contributed by atoms with van der Waals surface area (Å²) in [7, 11) is 0. The van der Waals surface area contributed by atoms with Crippen LogP contribution >= 0.6 is 34.5 Å². The lowest BCUT2D eigenvalue weighted by molar-refractivity contribution is -0.143. The third-order valence-electron chi connectivity index (χ3n) is 4.54. The second-order valence-electron chi connectivity index (χ2n) is 7.06. The zero-order valence-electron chi connectivity index (χ0n) is 16.9. The highest BCUT2D eigenvalue weighted by atomic mass is 35.5. The van der Waals surface area contributed by atoms with Gasteiger partial charge >= 0.3 is 5.97 Å². The van der Waals surface area contributed by atoms with Crippen LogP contribution < -0.4 is 4.80 Å². The number of carbonyl (C=O) groups is 2. The summed E-state index contributed by atoms with van der Waals surface area (Å²) in [4.78, 5) is 29.4. The van der Waals surface area contributed by atoms with Crippen molar-refractivity contribution in [2.24, 2.45) is 4.99 Å². The Kier molecular flexibility index (Phi) is 7.34. The number of aromatic nitrogens is 1. The van der Waals surface area contributed by atoms with Crippen molar-refractivity contribution in [3.63, 3.8) is 0 Å². The van der Waals surface area contributed by atoms with Gasteiger partial charge in [-0.15, -0.1) is 0 Å². The van der Waals surface area contributed by atoms with Crippen LogP contribution in [0.2, 0.25) is 10.0 Å². The molecule has 0 aliphatic carbocycles. The zero-order valence-corrected chi connectivity index (χ0v) is 19.3. The molecule has 30 heavy (non-hydrogen) atoms. The van der Waals surface area contributed by atoms with Crippen LogP contribution in [0.3, 0.4) is 0 Å². The summed E-state index contributed by atoms with van der Waals surface area (Å²) < 4.78 is 7.32. The van der Waals surface area contributed by atoms with Gasteiger partial charge in [0.05, 0.1) is 33.3 Å². The van der Waals surface area contributed by atoms with Crippen LogP contribution in [0.25, 0.3) is 10.2 Å². The van der Waals surface area contributed by atoms with Gasteiger partial charge in [-0.25, -0.2) is 0 Å². The smallest absolute Gasteiger partial charge is 0.326 e. The fraction of sp³-hybridized carbons (Fsp3) is 0.318. The third-order valence-corrected chi connectivity index (χ3v) is 6.39. The molecule has 0 spiro atoms. The van der Waals surface area contributed by atoms with Gasteiger partial charge in [-0.2, -0.15) is 4.99 Å². The van der Waals surface area contributed by atoms with E-state index >= 15 is 0 Å². The Bertz CT molecular complexity index is 1150. The average Bonchev–Trinajstić information content (AvgIpc) is 3.04. The lowest BCUT2D eigenvalue weighted by Crippen LogP contribution is -2.23. The second kappa shape index (κ2) is 9.77. The number of ether oxygens (including phenoxy) is 1. The van der Waals surface area contributed by atoms with E-state index in [1.807, 2.05) is 24.3 Å². The molecule has 0 saturated carbocycles. The fourth-order valence-corrected chi connectivity index (χ4v) is 4.68. The molecule has 3 aromatic rings. The fourth-order valence-electron chi connectivity index (χ4n) is 3.02. The van der Waals surface area contributed by atoms with E-state index in [9.17, 15) is 9.59 Å². The molecule has 8 heteroatoms. The van der Waals surface area contributed by atoms with Crippen molar-refractivity contribution >= 4 is 56.6 Å². The number of nitrogens with zero attached hydrogens (tertiary/aromatic N) is 2. The number of amides is 1. The van der Waals surface area contributed by atoms with Crippen molar-refractivity contribution in [3.8, 4) is 0 Å². The van der Waals surface area contributed by atoms with Crippen molar-refractivity contribution in [2.45, 2.75) is 39.7 Å². The molecule has 1 heterocycles. The van der Waals surface area contributed by atoms with Gasteiger partial charge in [0.15, 0.2) is 4.80 Å². The highest BCUT2D eigenvalue weighted by molar-refractivity contribution is 7.17. The number of hydrogen-bond donors (Lipinski definition) is 0. The third kappa shape index (κ3) is 5.12. The molecule has 0 atom stereocenters. The molecule has 3 rings (SSSR count). The van der Waals surface area contributed by atoms with E-state index in [1.165, 1.54) is 16.9 Å². The Hall–Kier alpha value is -2.15. The molecule has 0 unspecified atom stereocenters. The predicted octanol–water partition coefficient (Wildman–Crippen LogP) is 5.37. The van der Waals surface area contributed by atoms with E-state index in [0.29, 0.717) is 31.0 Å². The first-order valence-corrected chi connectivity index (χ1v) is 11.2. The van der Waals surface area contributed by atoms with Crippen LogP contribution in [0.15, 0.2) is 41.4 Å². The molecule has 0 N–H and O–H groups in total. The first kappa shape index (κ1) is 22.5. The van der Waals surface area contributed by atoms with Crippen LogP contribution in [-0.4, -0.2) is 23.1 Å². The van der Waals surface area contributed by atoms with E-state index in [1.54, 1.807) is 23.6 Å². The van der Waals surface area contributed by atoms with Gasteiger partial charge in [-0.05, 0) is 36.1 Å². The minimum absolute atomic E-state index is 0.108. The standard InChI is InChI=1S/C22H22Cl2N2O3S/c1-4-29-19(28)12-26-20-16(23)9-10-17(24)21(20)30-22(26)25-18(27)11-14-5-7-15(8-6-14)13(2)3/h5-10,13H,4,11-12H2,1-3H3. The number of thiazole rings is 1. The van der Waals surface area contributed by atoms with Gasteiger partial charge in [0.1, 0.15) is 6.54 Å². The number of halogens is 2. The molecule has 2 aromatic carbocycles. The van der Waals surface area contributed by atoms with Crippen LogP contribution in [0.5, 0.6) is 0 Å². The van der Waals surface area contributed by atoms with E-state index < -0.39 is 5.97 Å². The lowest BCUT2D eigenvalue weighted by Gasteiger charge is -2.07. The van der Waals surface area contributed by atoms with Gasteiger partial charge in [0.25, 0.3) is 5.91 Å². The van der Waals surface area contributed by atoms with E-state index in [2.05, 4.69) is 18.8 Å². The molecule has 0 saturated heterocycles. The van der Waals surface area contributed by atoms with Crippen molar-refractivity contribution in [3.05, 3.63) is 62.4 Å². The second-order valence-corrected chi connectivity index (χ2v) is 8.85. The van der Waals surface area contributed by atoms with Gasteiger partial charge in [-0.1, -0.05) is 72.7 Å². The molecule has 1 aromatic heterocycles. The topological polar surface area (TPSA) is 60.7 Å². The molecule has 0 aliphatic rings. The zero-order chi connectivity index (χ0) is 21.8. The summed E-state index contributed by atoms with van der Waals surface area (Å²) in [5.41, 5.74) is 2.65. The molecule has 0 bridgehead atoms. The number of esters is 1. The summed E-state index contributed by atoms with van der Waals surface area (Å²) >= 11 is 13.9. The SMILES string of the molecule is CCOC(=O)Cn1c(=NC(=O)Cc2ccc(C(C)C)cc2)sc2c(Cl)ccc(Cl)c21. The van der Waals surface area contributed by atoms with E-state index in [4.69, 9.17) is 27.9 Å². The Balaban J connectivity index is 1.99. The summed E-state index contributed by atoms with van der Waals surface area (Å²) in [6, 6.07) is 11.3. The molecule has 0 fully saturated rings. The van der Waals surface area contributed by atoms with Crippen LogP contribution in [-0.2, 0) is 27.3 Å². The summed E-state index contributed by atoms with van der Waals surface area (Å²) in [5, 5.41) is 0.906. The van der Waals surface area contributed by atoms with Crippen molar-refractivity contribution in [1.82, 2.24) is 4.57 Å². The van der Waals surface area contributed by atoms with Gasteiger partial charge in [-0.3, -0.25) is 9.59 Å². The summed E-state index contributed by atoms with van der Waals surface area (Å²) in [5.74, 6) is -0.329. The van der Waals surface area contributed by atoms with Gasteiger partial charge in [0, 0.05) is 0 Å². The number of hydrogen-bond acceptors (Lipinski definition) is 4. The lowest BCUT2D eigenvalue weighted by atomic mass is 10.0.